The zero-order valence-electron chi connectivity index (χ0n) is 14.3. The molecule has 0 bridgehead atoms. The Balaban J connectivity index is 0.000000604. The molecule has 0 heterocycles. The van der Waals surface area contributed by atoms with Gasteiger partial charge < -0.3 is 9.84 Å². The van der Waals surface area contributed by atoms with Crippen molar-refractivity contribution in [1.29, 1.82) is 0 Å². The molecule has 0 aromatic carbocycles. The lowest BCUT2D eigenvalue weighted by atomic mass is 10.0. The Kier molecular flexibility index (Phi) is 15.5. The second-order valence-corrected chi connectivity index (χ2v) is 6.00. The fraction of sp³-hybridized carbons (Fsp3) is 0.889. The molecule has 1 rings (SSSR count). The number of carboxylic acids is 1. The van der Waals surface area contributed by atoms with Gasteiger partial charge in [-0.2, -0.15) is 0 Å². The van der Waals surface area contributed by atoms with Crippen LogP contribution in [0, 0.1) is 0 Å². The lowest BCUT2D eigenvalue weighted by Crippen LogP contribution is -2.08. The SMILES string of the molecule is C1CCCCC1.CCCCCCCCOC(=O)CCC(=O)O. The molecule has 1 aliphatic carbocycles. The summed E-state index contributed by atoms with van der Waals surface area (Å²) in [6.07, 6.45) is 15.7. The number of carbonyl (C=O) groups excluding carboxylic acids is 1. The van der Waals surface area contributed by atoms with Crippen molar-refractivity contribution in [2.75, 3.05) is 6.61 Å². The summed E-state index contributed by atoms with van der Waals surface area (Å²) in [6.45, 7) is 2.59. The standard InChI is InChI=1S/C12H22O4.C6H12/c1-2-3-4-5-6-7-10-16-12(15)9-8-11(13)14;1-2-4-6-5-3-1/h2-10H2,1H3,(H,13,14);1-6H2. The predicted molar refractivity (Wildman–Crippen MR) is 88.9 cm³/mol. The van der Waals surface area contributed by atoms with Crippen LogP contribution in [0.2, 0.25) is 0 Å². The summed E-state index contributed by atoms with van der Waals surface area (Å²) in [5, 5.41) is 8.35. The maximum Gasteiger partial charge on any atom is 0.306 e. The van der Waals surface area contributed by atoms with Gasteiger partial charge in [0.25, 0.3) is 0 Å². The number of rotatable bonds is 10. The molecular weight excluding hydrogens is 280 g/mol. The smallest absolute Gasteiger partial charge is 0.306 e. The van der Waals surface area contributed by atoms with Gasteiger partial charge in [-0.1, -0.05) is 77.6 Å². The highest BCUT2D eigenvalue weighted by Crippen LogP contribution is 2.15. The van der Waals surface area contributed by atoms with E-state index >= 15 is 0 Å². The van der Waals surface area contributed by atoms with Crippen LogP contribution in [0.3, 0.4) is 0 Å². The highest BCUT2D eigenvalue weighted by atomic mass is 16.5. The highest BCUT2D eigenvalue weighted by Gasteiger charge is 2.05. The van der Waals surface area contributed by atoms with E-state index in [0.29, 0.717) is 6.61 Å². The van der Waals surface area contributed by atoms with Gasteiger partial charge in [-0.25, -0.2) is 0 Å². The summed E-state index contributed by atoms with van der Waals surface area (Å²) in [5.74, 6) is -1.37. The second kappa shape index (κ2) is 16.3. The van der Waals surface area contributed by atoms with Gasteiger partial charge in [-0.05, 0) is 6.42 Å². The average Bonchev–Trinajstić information content (AvgIpc) is 2.54. The third-order valence-electron chi connectivity index (χ3n) is 3.80. The molecule has 0 aromatic heterocycles. The van der Waals surface area contributed by atoms with Crippen molar-refractivity contribution in [2.45, 2.75) is 96.8 Å². The Labute approximate surface area is 135 Å². The van der Waals surface area contributed by atoms with Crippen LogP contribution in [-0.2, 0) is 14.3 Å². The first-order chi connectivity index (χ1) is 10.7. The number of aliphatic carboxylic acids is 1. The van der Waals surface area contributed by atoms with Crippen LogP contribution in [0.15, 0.2) is 0 Å². The molecule has 0 aromatic rings. The lowest BCUT2D eigenvalue weighted by molar-refractivity contribution is -0.147. The van der Waals surface area contributed by atoms with Crippen molar-refractivity contribution in [3.63, 3.8) is 0 Å². The van der Waals surface area contributed by atoms with Gasteiger partial charge in [-0.15, -0.1) is 0 Å². The number of hydrogen-bond donors (Lipinski definition) is 1. The molecule has 0 amide bonds. The summed E-state index contributed by atoms with van der Waals surface area (Å²) in [7, 11) is 0. The van der Waals surface area contributed by atoms with E-state index in [2.05, 4.69) is 6.92 Å². The van der Waals surface area contributed by atoms with Crippen LogP contribution in [0.4, 0.5) is 0 Å². The first-order valence-electron chi connectivity index (χ1n) is 9.04. The largest absolute Gasteiger partial charge is 0.481 e. The van der Waals surface area contributed by atoms with Gasteiger partial charge in [0.15, 0.2) is 0 Å². The number of unbranched alkanes of at least 4 members (excludes halogenated alkanes) is 5. The lowest BCUT2D eigenvalue weighted by Gasteiger charge is -2.05. The van der Waals surface area contributed by atoms with Gasteiger partial charge in [0.2, 0.25) is 0 Å². The van der Waals surface area contributed by atoms with Gasteiger partial charge in [-0.3, -0.25) is 9.59 Å². The molecule has 0 saturated heterocycles. The van der Waals surface area contributed by atoms with E-state index < -0.39 is 11.9 Å². The molecule has 4 heteroatoms. The number of esters is 1. The third-order valence-corrected chi connectivity index (χ3v) is 3.80. The van der Waals surface area contributed by atoms with Gasteiger partial charge >= 0.3 is 11.9 Å². The topological polar surface area (TPSA) is 63.6 Å². The minimum Gasteiger partial charge on any atom is -0.481 e. The Morgan fingerprint density at radius 1 is 0.818 bits per heavy atom. The minimum absolute atomic E-state index is 0.0227. The van der Waals surface area contributed by atoms with E-state index in [1.54, 1.807) is 0 Å². The summed E-state index contributed by atoms with van der Waals surface area (Å²) >= 11 is 0. The van der Waals surface area contributed by atoms with Crippen LogP contribution < -0.4 is 0 Å². The third kappa shape index (κ3) is 17.0. The van der Waals surface area contributed by atoms with Crippen molar-refractivity contribution in [2.24, 2.45) is 0 Å². The number of ether oxygens (including phenoxy) is 1. The van der Waals surface area contributed by atoms with E-state index in [1.165, 1.54) is 64.2 Å². The van der Waals surface area contributed by atoms with Crippen molar-refractivity contribution in [3.8, 4) is 0 Å². The van der Waals surface area contributed by atoms with Crippen LogP contribution in [0.5, 0.6) is 0 Å². The molecule has 0 aliphatic heterocycles. The molecule has 0 atom stereocenters. The summed E-state index contributed by atoms with van der Waals surface area (Å²) in [6, 6.07) is 0. The van der Waals surface area contributed by atoms with E-state index in [1.807, 2.05) is 0 Å². The second-order valence-electron chi connectivity index (χ2n) is 6.00. The average molecular weight is 314 g/mol. The molecule has 0 spiro atoms. The molecule has 0 radical (unpaired) electrons. The molecule has 1 saturated carbocycles. The van der Waals surface area contributed by atoms with Crippen molar-refractivity contribution < 1.29 is 19.4 Å². The summed E-state index contributed by atoms with van der Waals surface area (Å²) < 4.78 is 4.90. The normalized spacial score (nSPS) is 13.9. The monoisotopic (exact) mass is 314 g/mol. The number of carboxylic acid groups (broad SMARTS) is 1. The maximum atomic E-state index is 11.0. The first-order valence-corrected chi connectivity index (χ1v) is 9.04. The Bertz CT molecular complexity index is 261. The van der Waals surface area contributed by atoms with Gasteiger partial charge in [0.1, 0.15) is 0 Å². The first kappa shape index (κ1) is 20.9. The van der Waals surface area contributed by atoms with E-state index in [9.17, 15) is 9.59 Å². The van der Waals surface area contributed by atoms with Crippen molar-refractivity contribution in [1.82, 2.24) is 0 Å². The van der Waals surface area contributed by atoms with Gasteiger partial charge in [0, 0.05) is 0 Å². The molecule has 1 N–H and O–H groups in total. The quantitative estimate of drug-likeness (QED) is 0.450. The maximum absolute atomic E-state index is 11.0. The number of hydrogen-bond acceptors (Lipinski definition) is 3. The van der Waals surface area contributed by atoms with Crippen LogP contribution in [0.1, 0.15) is 96.8 Å². The van der Waals surface area contributed by atoms with Crippen LogP contribution in [-0.4, -0.2) is 23.7 Å². The summed E-state index contributed by atoms with van der Waals surface area (Å²) in [5.41, 5.74) is 0. The van der Waals surface area contributed by atoms with Crippen molar-refractivity contribution >= 4 is 11.9 Å². The van der Waals surface area contributed by atoms with Crippen LogP contribution in [0.25, 0.3) is 0 Å². The fourth-order valence-electron chi connectivity index (χ4n) is 2.41. The Morgan fingerprint density at radius 2 is 1.32 bits per heavy atom. The molecule has 22 heavy (non-hydrogen) atoms. The molecule has 0 unspecified atom stereocenters. The number of carbonyl (C=O) groups is 2. The minimum atomic E-state index is -0.962. The Morgan fingerprint density at radius 3 is 1.82 bits per heavy atom. The fourth-order valence-corrected chi connectivity index (χ4v) is 2.41. The van der Waals surface area contributed by atoms with E-state index in [0.717, 1.165) is 12.8 Å². The zero-order valence-corrected chi connectivity index (χ0v) is 14.3. The Hall–Kier alpha value is -1.06. The molecular formula is C18H34O4. The predicted octanol–water partition coefficient (Wildman–Crippen LogP) is 5.10. The molecule has 1 aliphatic rings. The van der Waals surface area contributed by atoms with Crippen LogP contribution >= 0.6 is 0 Å². The molecule has 130 valence electrons. The van der Waals surface area contributed by atoms with Gasteiger partial charge in [0.05, 0.1) is 19.4 Å². The van der Waals surface area contributed by atoms with E-state index in [-0.39, 0.29) is 12.8 Å². The zero-order chi connectivity index (χ0) is 16.5. The van der Waals surface area contributed by atoms with Crippen molar-refractivity contribution in [3.05, 3.63) is 0 Å². The molecule has 1 fully saturated rings. The van der Waals surface area contributed by atoms with E-state index in [4.69, 9.17) is 9.84 Å². The highest BCUT2D eigenvalue weighted by molar-refractivity contribution is 5.76. The molecule has 4 nitrogen and oxygen atoms in total. The summed E-state index contributed by atoms with van der Waals surface area (Å²) in [4.78, 5) is 21.2.